The second-order valence-corrected chi connectivity index (χ2v) is 7.99. The van der Waals surface area contributed by atoms with Gasteiger partial charge in [0.05, 0.1) is 13.3 Å². The molecule has 0 bridgehead atoms. The molecule has 31 heavy (non-hydrogen) atoms. The molecule has 1 atom stereocenters. The Kier molecular flexibility index (Phi) is 6.07. The summed E-state index contributed by atoms with van der Waals surface area (Å²) in [5, 5.41) is 14.1. The van der Waals surface area contributed by atoms with Gasteiger partial charge in [0.1, 0.15) is 0 Å². The van der Waals surface area contributed by atoms with Crippen LogP contribution in [0.3, 0.4) is 0 Å². The maximum Gasteiger partial charge on any atom is 0.254 e. The number of rotatable bonds is 6. The maximum atomic E-state index is 13.5. The summed E-state index contributed by atoms with van der Waals surface area (Å²) in [6.07, 6.45) is 7.72. The van der Waals surface area contributed by atoms with Gasteiger partial charge in [-0.1, -0.05) is 36.4 Å². The van der Waals surface area contributed by atoms with Crippen LogP contribution in [0.1, 0.15) is 23.1 Å². The lowest BCUT2D eigenvalue weighted by atomic mass is 10.0. The number of carbonyl (C=O) groups is 1. The molecule has 4 rings (SSSR count). The minimum Gasteiger partial charge on any atom is -0.504 e. The summed E-state index contributed by atoms with van der Waals surface area (Å²) in [7, 11) is 3.43. The van der Waals surface area contributed by atoms with E-state index in [1.807, 2.05) is 65.4 Å². The molecule has 160 valence electrons. The van der Waals surface area contributed by atoms with Crippen LogP contribution in [0.25, 0.3) is 11.6 Å². The number of methoxy groups -OCH3 is 1. The van der Waals surface area contributed by atoms with Crippen LogP contribution < -0.4 is 4.74 Å². The molecule has 6 heteroatoms. The molecule has 1 amide bonds. The Labute approximate surface area is 182 Å². The van der Waals surface area contributed by atoms with Gasteiger partial charge in [-0.2, -0.15) is 5.10 Å². The number of hydrogen-bond acceptors (Lipinski definition) is 4. The number of likely N-dealkylation sites (tertiary alicyclic amines) is 1. The molecule has 6 nitrogen and oxygen atoms in total. The molecular weight excluding hydrogens is 390 g/mol. The van der Waals surface area contributed by atoms with Crippen molar-refractivity contribution in [3.05, 3.63) is 77.6 Å². The Morgan fingerprint density at radius 1 is 1.26 bits per heavy atom. The smallest absolute Gasteiger partial charge is 0.254 e. The Morgan fingerprint density at radius 3 is 2.77 bits per heavy atom. The predicted molar refractivity (Wildman–Crippen MR) is 121 cm³/mol. The van der Waals surface area contributed by atoms with Crippen LogP contribution in [0.5, 0.6) is 11.5 Å². The number of aromatic nitrogens is 2. The normalized spacial score (nSPS) is 16.5. The highest BCUT2D eigenvalue weighted by Gasteiger charge is 2.29. The fraction of sp³-hybridized carbons (Fsp3) is 0.280. The first-order chi connectivity index (χ1) is 15.0. The zero-order chi connectivity index (χ0) is 21.8. The zero-order valence-electron chi connectivity index (χ0n) is 17.9. The highest BCUT2D eigenvalue weighted by atomic mass is 16.5. The van der Waals surface area contributed by atoms with E-state index in [9.17, 15) is 9.90 Å². The monoisotopic (exact) mass is 417 g/mol. The summed E-state index contributed by atoms with van der Waals surface area (Å²) >= 11 is 0. The predicted octanol–water partition coefficient (Wildman–Crippen LogP) is 3.77. The lowest BCUT2D eigenvalue weighted by Gasteiger charge is -2.19. The first-order valence-corrected chi connectivity index (χ1v) is 10.4. The summed E-state index contributed by atoms with van der Waals surface area (Å²) < 4.78 is 7.04. The van der Waals surface area contributed by atoms with Crippen LogP contribution in [0.2, 0.25) is 0 Å². The molecular formula is C25H27N3O3. The molecule has 1 aromatic heterocycles. The fourth-order valence-electron chi connectivity index (χ4n) is 4.10. The van der Waals surface area contributed by atoms with E-state index in [2.05, 4.69) is 5.10 Å². The number of carbonyl (C=O) groups excluding carboxylic acids is 1. The molecule has 1 fully saturated rings. The zero-order valence-corrected chi connectivity index (χ0v) is 17.9. The topological polar surface area (TPSA) is 67.6 Å². The Hall–Kier alpha value is -3.54. The summed E-state index contributed by atoms with van der Waals surface area (Å²) in [5.74, 6) is 0.905. The van der Waals surface area contributed by atoms with Crippen LogP contribution in [0, 0.1) is 5.92 Å². The summed E-state index contributed by atoms with van der Waals surface area (Å²) in [6.45, 7) is 1.48. The van der Waals surface area contributed by atoms with Gasteiger partial charge in [0, 0.05) is 31.9 Å². The fourth-order valence-corrected chi connectivity index (χ4v) is 4.10. The van der Waals surface area contributed by atoms with Gasteiger partial charge in [0.25, 0.3) is 5.91 Å². The third kappa shape index (κ3) is 4.79. The van der Waals surface area contributed by atoms with Crippen molar-refractivity contribution >= 4 is 17.6 Å². The van der Waals surface area contributed by atoms with Crippen molar-refractivity contribution in [1.82, 2.24) is 14.7 Å². The van der Waals surface area contributed by atoms with E-state index < -0.39 is 0 Å². The molecule has 2 aromatic carbocycles. The van der Waals surface area contributed by atoms with Crippen LogP contribution in [-0.4, -0.2) is 45.9 Å². The van der Waals surface area contributed by atoms with Crippen molar-refractivity contribution < 1.29 is 14.6 Å². The summed E-state index contributed by atoms with van der Waals surface area (Å²) in [4.78, 5) is 15.5. The van der Waals surface area contributed by atoms with E-state index in [1.54, 1.807) is 18.2 Å². The van der Waals surface area contributed by atoms with Gasteiger partial charge >= 0.3 is 0 Å². The van der Waals surface area contributed by atoms with E-state index in [-0.39, 0.29) is 11.7 Å². The van der Waals surface area contributed by atoms with Crippen molar-refractivity contribution in [1.29, 1.82) is 0 Å². The molecule has 0 aliphatic carbocycles. The van der Waals surface area contributed by atoms with Gasteiger partial charge in [0.15, 0.2) is 11.5 Å². The number of hydrogen-bond donors (Lipinski definition) is 1. The summed E-state index contributed by atoms with van der Waals surface area (Å²) in [5.41, 5.74) is 3.51. The molecule has 2 heterocycles. The van der Waals surface area contributed by atoms with Gasteiger partial charge < -0.3 is 14.7 Å². The highest BCUT2D eigenvalue weighted by Crippen LogP contribution is 2.30. The lowest BCUT2D eigenvalue weighted by molar-refractivity contribution is -0.124. The van der Waals surface area contributed by atoms with Crippen LogP contribution in [0.15, 0.2) is 60.9 Å². The van der Waals surface area contributed by atoms with Gasteiger partial charge in [-0.15, -0.1) is 0 Å². The van der Waals surface area contributed by atoms with Gasteiger partial charge in [-0.05, 0) is 53.7 Å². The molecule has 1 N–H and O–H groups in total. The average molecular weight is 418 g/mol. The van der Waals surface area contributed by atoms with E-state index >= 15 is 0 Å². The van der Waals surface area contributed by atoms with E-state index in [0.717, 1.165) is 37.1 Å². The van der Waals surface area contributed by atoms with E-state index in [1.165, 1.54) is 12.7 Å². The Bertz CT molecular complexity index is 1090. The number of phenols is 1. The second-order valence-electron chi connectivity index (χ2n) is 7.99. The summed E-state index contributed by atoms with van der Waals surface area (Å²) in [6, 6.07) is 14.8. The van der Waals surface area contributed by atoms with Gasteiger partial charge in [0.2, 0.25) is 0 Å². The molecule has 0 spiro atoms. The van der Waals surface area contributed by atoms with E-state index in [0.29, 0.717) is 17.2 Å². The van der Waals surface area contributed by atoms with Crippen LogP contribution >= 0.6 is 0 Å². The molecule has 1 aliphatic heterocycles. The number of benzene rings is 2. The second kappa shape index (κ2) is 9.08. The van der Waals surface area contributed by atoms with Crippen molar-refractivity contribution in [2.24, 2.45) is 13.0 Å². The van der Waals surface area contributed by atoms with Crippen LogP contribution in [-0.2, 0) is 18.3 Å². The van der Waals surface area contributed by atoms with Gasteiger partial charge in [-0.3, -0.25) is 9.48 Å². The largest absolute Gasteiger partial charge is 0.504 e. The maximum absolute atomic E-state index is 13.5. The Balaban J connectivity index is 1.58. The standard InChI is InChI=1S/C25H27N3O3/c1-27-16-20(15-26-27)12-19-10-11-28(17-19)25(30)22(21-6-4-3-5-7-21)13-18-8-9-23(29)24(14-18)31-2/h3-9,13-16,19,29H,10-12,17H2,1-2H3. The van der Waals surface area contributed by atoms with Crippen molar-refractivity contribution in [2.75, 3.05) is 20.2 Å². The first kappa shape index (κ1) is 20.7. The van der Waals surface area contributed by atoms with Gasteiger partial charge in [-0.25, -0.2) is 0 Å². The molecule has 0 radical (unpaired) electrons. The number of ether oxygens (including phenoxy) is 1. The molecule has 3 aromatic rings. The number of aryl methyl sites for hydroxylation is 1. The number of aromatic hydroxyl groups is 1. The molecule has 1 saturated heterocycles. The minimum atomic E-state index is 0.0203. The highest BCUT2D eigenvalue weighted by molar-refractivity contribution is 6.24. The molecule has 1 unspecified atom stereocenters. The van der Waals surface area contributed by atoms with E-state index in [4.69, 9.17) is 4.74 Å². The minimum absolute atomic E-state index is 0.0203. The average Bonchev–Trinajstić information content (AvgIpc) is 3.42. The SMILES string of the molecule is COc1cc(C=C(C(=O)N2CCC(Cc3cnn(C)c3)C2)c2ccccc2)ccc1O. The number of phenolic OH excluding ortho intramolecular Hbond substituents is 1. The quantitative estimate of drug-likeness (QED) is 0.490. The molecule has 1 aliphatic rings. The van der Waals surface area contributed by atoms with Crippen LogP contribution in [0.4, 0.5) is 0 Å². The third-order valence-electron chi connectivity index (χ3n) is 5.69. The number of amides is 1. The van der Waals surface area contributed by atoms with Crippen molar-refractivity contribution in [2.45, 2.75) is 12.8 Å². The number of nitrogens with zero attached hydrogens (tertiary/aromatic N) is 3. The Morgan fingerprint density at radius 2 is 2.06 bits per heavy atom. The van der Waals surface area contributed by atoms with Crippen molar-refractivity contribution in [3.8, 4) is 11.5 Å². The van der Waals surface area contributed by atoms with Crippen molar-refractivity contribution in [3.63, 3.8) is 0 Å². The lowest BCUT2D eigenvalue weighted by Crippen LogP contribution is -2.29. The first-order valence-electron chi connectivity index (χ1n) is 10.4. The molecule has 0 saturated carbocycles. The third-order valence-corrected chi connectivity index (χ3v) is 5.69.